The minimum absolute atomic E-state index is 0.0619. The zero-order valence-electron chi connectivity index (χ0n) is 12.1. The number of furan rings is 1. The minimum Gasteiger partial charge on any atom is -0.469 e. The Hall–Kier alpha value is -2.03. The van der Waals surface area contributed by atoms with Gasteiger partial charge in [0.05, 0.1) is 6.26 Å². The number of carbonyl (C=O) groups is 1. The van der Waals surface area contributed by atoms with Crippen molar-refractivity contribution < 1.29 is 9.21 Å². The predicted molar refractivity (Wildman–Crippen MR) is 78.9 cm³/mol. The maximum atomic E-state index is 12.5. The Bertz CT molecular complexity index is 630. The molecule has 0 bridgehead atoms. The van der Waals surface area contributed by atoms with E-state index in [1.54, 1.807) is 11.2 Å². The van der Waals surface area contributed by atoms with Gasteiger partial charge in [-0.05, 0) is 44.0 Å². The second-order valence-corrected chi connectivity index (χ2v) is 5.65. The van der Waals surface area contributed by atoms with Gasteiger partial charge in [0.15, 0.2) is 0 Å². The molecular formula is C17H19NO2. The van der Waals surface area contributed by atoms with Crippen molar-refractivity contribution in [3.63, 3.8) is 0 Å². The molecule has 3 rings (SSSR count). The van der Waals surface area contributed by atoms with Gasteiger partial charge in [-0.15, -0.1) is 0 Å². The Labute approximate surface area is 119 Å². The van der Waals surface area contributed by atoms with E-state index in [9.17, 15) is 4.79 Å². The first kappa shape index (κ1) is 13.0. The summed E-state index contributed by atoms with van der Waals surface area (Å²) in [5.74, 6) is 1.42. The molecule has 1 saturated carbocycles. The lowest BCUT2D eigenvalue weighted by atomic mass is 10.1. The number of rotatable bonds is 3. The first-order chi connectivity index (χ1) is 9.58. The maximum Gasteiger partial charge on any atom is 0.230 e. The van der Waals surface area contributed by atoms with E-state index in [4.69, 9.17) is 4.42 Å². The predicted octanol–water partition coefficient (Wildman–Crippen LogP) is 3.66. The first-order valence-corrected chi connectivity index (χ1v) is 6.96. The fourth-order valence-corrected chi connectivity index (χ4v) is 2.83. The van der Waals surface area contributed by atoms with Crippen molar-refractivity contribution in [2.45, 2.75) is 26.2 Å². The lowest BCUT2D eigenvalue weighted by molar-refractivity contribution is -0.119. The molecule has 104 valence electrons. The average molecular weight is 269 g/mol. The number of nitrogens with zero attached hydrogens (tertiary/aromatic N) is 1. The van der Waals surface area contributed by atoms with Gasteiger partial charge in [-0.25, -0.2) is 0 Å². The lowest BCUT2D eigenvalue weighted by Gasteiger charge is -2.20. The molecular weight excluding hydrogens is 250 g/mol. The SMILES string of the molecule is Cc1ccc(N(C)C(=O)C2CC2c2ccco2)c(C)c1. The fourth-order valence-electron chi connectivity index (χ4n) is 2.83. The van der Waals surface area contributed by atoms with Crippen molar-refractivity contribution >= 4 is 11.6 Å². The van der Waals surface area contributed by atoms with Crippen molar-refractivity contribution in [2.75, 3.05) is 11.9 Å². The molecule has 1 amide bonds. The number of aryl methyl sites for hydroxylation is 2. The Morgan fingerprint density at radius 3 is 2.75 bits per heavy atom. The Morgan fingerprint density at radius 2 is 2.10 bits per heavy atom. The summed E-state index contributed by atoms with van der Waals surface area (Å²) in [5.41, 5.74) is 3.34. The zero-order valence-corrected chi connectivity index (χ0v) is 12.1. The van der Waals surface area contributed by atoms with Crippen LogP contribution in [-0.2, 0) is 4.79 Å². The lowest BCUT2D eigenvalue weighted by Crippen LogP contribution is -2.28. The average Bonchev–Trinajstić information content (AvgIpc) is 3.03. The highest BCUT2D eigenvalue weighted by molar-refractivity contribution is 5.97. The molecule has 1 aromatic carbocycles. The topological polar surface area (TPSA) is 33.5 Å². The first-order valence-electron chi connectivity index (χ1n) is 6.96. The molecule has 0 spiro atoms. The molecule has 1 aromatic heterocycles. The van der Waals surface area contributed by atoms with Crippen LogP contribution in [0.5, 0.6) is 0 Å². The molecule has 2 aromatic rings. The third-order valence-electron chi connectivity index (χ3n) is 4.06. The molecule has 20 heavy (non-hydrogen) atoms. The van der Waals surface area contributed by atoms with Crippen LogP contribution in [0.4, 0.5) is 5.69 Å². The number of benzene rings is 1. The smallest absolute Gasteiger partial charge is 0.230 e. The summed E-state index contributed by atoms with van der Waals surface area (Å²) >= 11 is 0. The normalized spacial score (nSPS) is 20.8. The molecule has 1 aliphatic carbocycles. The summed E-state index contributed by atoms with van der Waals surface area (Å²) in [6.45, 7) is 4.11. The van der Waals surface area contributed by atoms with Gasteiger partial charge in [-0.3, -0.25) is 4.79 Å². The van der Waals surface area contributed by atoms with Crippen LogP contribution >= 0.6 is 0 Å². The van der Waals surface area contributed by atoms with Crippen molar-refractivity contribution in [1.29, 1.82) is 0 Å². The van der Waals surface area contributed by atoms with Crippen LogP contribution in [0.2, 0.25) is 0 Å². The third kappa shape index (κ3) is 2.24. The Morgan fingerprint density at radius 1 is 1.30 bits per heavy atom. The highest BCUT2D eigenvalue weighted by Crippen LogP contribution is 2.48. The molecule has 2 unspecified atom stereocenters. The largest absolute Gasteiger partial charge is 0.469 e. The highest BCUT2D eigenvalue weighted by Gasteiger charge is 2.47. The number of carbonyl (C=O) groups excluding carboxylic acids is 1. The van der Waals surface area contributed by atoms with Crippen LogP contribution < -0.4 is 4.90 Å². The molecule has 3 heteroatoms. The van der Waals surface area contributed by atoms with E-state index >= 15 is 0 Å². The summed E-state index contributed by atoms with van der Waals surface area (Å²) < 4.78 is 5.39. The van der Waals surface area contributed by atoms with Crippen LogP contribution in [0.15, 0.2) is 41.0 Å². The number of amides is 1. The van der Waals surface area contributed by atoms with E-state index in [1.807, 2.05) is 38.2 Å². The second-order valence-electron chi connectivity index (χ2n) is 5.65. The summed E-state index contributed by atoms with van der Waals surface area (Å²) in [6.07, 6.45) is 2.56. The molecule has 0 aliphatic heterocycles. The van der Waals surface area contributed by atoms with E-state index in [1.165, 1.54) is 5.56 Å². The van der Waals surface area contributed by atoms with Crippen LogP contribution in [-0.4, -0.2) is 13.0 Å². The van der Waals surface area contributed by atoms with Crippen LogP contribution in [0.3, 0.4) is 0 Å². The van der Waals surface area contributed by atoms with Gasteiger partial charge in [0.25, 0.3) is 0 Å². The number of anilines is 1. The van der Waals surface area contributed by atoms with Crippen LogP contribution in [0.1, 0.15) is 29.2 Å². The maximum absolute atomic E-state index is 12.5. The Balaban J connectivity index is 1.75. The summed E-state index contributed by atoms with van der Waals surface area (Å²) in [7, 11) is 1.86. The highest BCUT2D eigenvalue weighted by atomic mass is 16.3. The van der Waals surface area contributed by atoms with Gasteiger partial charge in [-0.1, -0.05) is 17.7 Å². The fraction of sp³-hybridized carbons (Fsp3) is 0.353. The standard InChI is InChI=1S/C17H19NO2/c1-11-6-7-15(12(2)9-11)18(3)17(19)14-10-13(14)16-5-4-8-20-16/h4-9,13-14H,10H2,1-3H3. The summed E-state index contributed by atoms with van der Waals surface area (Å²) in [6, 6.07) is 10.0. The van der Waals surface area contributed by atoms with Crippen molar-refractivity contribution in [2.24, 2.45) is 5.92 Å². The Kier molecular flexibility index (Phi) is 3.13. The summed E-state index contributed by atoms with van der Waals surface area (Å²) in [4.78, 5) is 14.3. The zero-order chi connectivity index (χ0) is 14.3. The molecule has 1 aliphatic rings. The number of hydrogen-bond donors (Lipinski definition) is 0. The van der Waals surface area contributed by atoms with E-state index < -0.39 is 0 Å². The third-order valence-corrected chi connectivity index (χ3v) is 4.06. The molecule has 1 heterocycles. The van der Waals surface area contributed by atoms with Crippen molar-refractivity contribution in [1.82, 2.24) is 0 Å². The van der Waals surface area contributed by atoms with Crippen molar-refractivity contribution in [3.05, 3.63) is 53.5 Å². The van der Waals surface area contributed by atoms with E-state index in [2.05, 4.69) is 13.0 Å². The molecule has 2 atom stereocenters. The minimum atomic E-state index is 0.0619. The van der Waals surface area contributed by atoms with E-state index in [-0.39, 0.29) is 17.7 Å². The van der Waals surface area contributed by atoms with Gasteiger partial charge >= 0.3 is 0 Å². The quantitative estimate of drug-likeness (QED) is 0.852. The monoisotopic (exact) mass is 269 g/mol. The van der Waals surface area contributed by atoms with Gasteiger partial charge < -0.3 is 9.32 Å². The molecule has 0 radical (unpaired) electrons. The van der Waals surface area contributed by atoms with Crippen LogP contribution in [0.25, 0.3) is 0 Å². The van der Waals surface area contributed by atoms with Gasteiger partial charge in [-0.2, -0.15) is 0 Å². The van der Waals surface area contributed by atoms with E-state index in [0.717, 1.165) is 23.4 Å². The molecule has 3 nitrogen and oxygen atoms in total. The van der Waals surface area contributed by atoms with Crippen LogP contribution in [0, 0.1) is 19.8 Å². The second kappa shape index (κ2) is 4.82. The van der Waals surface area contributed by atoms with E-state index in [0.29, 0.717) is 0 Å². The number of hydrogen-bond acceptors (Lipinski definition) is 2. The molecule has 0 saturated heterocycles. The summed E-state index contributed by atoms with van der Waals surface area (Å²) in [5, 5.41) is 0. The van der Waals surface area contributed by atoms with Gasteiger partial charge in [0.2, 0.25) is 5.91 Å². The molecule has 1 fully saturated rings. The van der Waals surface area contributed by atoms with Crippen molar-refractivity contribution in [3.8, 4) is 0 Å². The van der Waals surface area contributed by atoms with Gasteiger partial charge in [0, 0.05) is 24.6 Å². The molecule has 0 N–H and O–H groups in total. The van der Waals surface area contributed by atoms with Gasteiger partial charge in [0.1, 0.15) is 5.76 Å².